The lowest BCUT2D eigenvalue weighted by atomic mass is 10.3. The van der Waals surface area contributed by atoms with E-state index in [-0.39, 0.29) is 12.5 Å². The predicted molar refractivity (Wildman–Crippen MR) is 98.1 cm³/mol. The third-order valence-corrected chi connectivity index (χ3v) is 3.73. The highest BCUT2D eigenvalue weighted by Crippen LogP contribution is 2.13. The number of hydrogen-bond donors (Lipinski definition) is 1. The van der Waals surface area contributed by atoms with Gasteiger partial charge in [-0.2, -0.15) is 0 Å². The summed E-state index contributed by atoms with van der Waals surface area (Å²) in [6.07, 6.45) is 1.67. The van der Waals surface area contributed by atoms with E-state index in [2.05, 4.69) is 32.9 Å². The summed E-state index contributed by atoms with van der Waals surface area (Å²) in [7, 11) is 1.62. The number of pyridine rings is 1. The molecule has 0 saturated carbocycles. The molecule has 0 bridgehead atoms. The standard InChI is InChI=1S/C17H19IN2O4/c1-22-8-9-23-17-7-2-13(11-20-17)10-19-16(21)12-24-15-5-3-14(18)4-6-15/h2-7,11H,8-10,12H2,1H3,(H,19,21). The summed E-state index contributed by atoms with van der Waals surface area (Å²) >= 11 is 2.21. The highest BCUT2D eigenvalue weighted by atomic mass is 127. The highest BCUT2D eigenvalue weighted by molar-refractivity contribution is 14.1. The first-order valence-electron chi connectivity index (χ1n) is 7.39. The first kappa shape index (κ1) is 18.5. The topological polar surface area (TPSA) is 69.7 Å². The van der Waals surface area contributed by atoms with Crippen LogP contribution in [0.1, 0.15) is 5.56 Å². The minimum absolute atomic E-state index is 0.0216. The van der Waals surface area contributed by atoms with Gasteiger partial charge in [-0.15, -0.1) is 0 Å². The molecule has 1 N–H and O–H groups in total. The number of aromatic nitrogens is 1. The van der Waals surface area contributed by atoms with Gasteiger partial charge in [0.1, 0.15) is 12.4 Å². The van der Waals surface area contributed by atoms with Crippen LogP contribution in [0.2, 0.25) is 0 Å². The molecule has 0 aliphatic heterocycles. The highest BCUT2D eigenvalue weighted by Gasteiger charge is 2.04. The van der Waals surface area contributed by atoms with E-state index in [1.165, 1.54) is 0 Å². The lowest BCUT2D eigenvalue weighted by molar-refractivity contribution is -0.123. The number of benzene rings is 1. The predicted octanol–water partition coefficient (Wildman–Crippen LogP) is 2.41. The normalized spacial score (nSPS) is 10.2. The average Bonchev–Trinajstić information content (AvgIpc) is 2.61. The molecule has 24 heavy (non-hydrogen) atoms. The van der Waals surface area contributed by atoms with Crippen LogP contribution in [0.3, 0.4) is 0 Å². The van der Waals surface area contributed by atoms with Crippen LogP contribution < -0.4 is 14.8 Å². The Kier molecular flexibility index (Phi) is 7.76. The zero-order valence-corrected chi connectivity index (χ0v) is 15.5. The maximum atomic E-state index is 11.8. The summed E-state index contributed by atoms with van der Waals surface area (Å²) in [6.45, 7) is 1.34. The summed E-state index contributed by atoms with van der Waals surface area (Å²) in [5.74, 6) is 1.02. The Hall–Kier alpha value is -1.87. The number of methoxy groups -OCH3 is 1. The van der Waals surface area contributed by atoms with Crippen LogP contribution in [-0.4, -0.2) is 37.8 Å². The Morgan fingerprint density at radius 3 is 2.58 bits per heavy atom. The smallest absolute Gasteiger partial charge is 0.258 e. The number of amides is 1. The average molecular weight is 442 g/mol. The van der Waals surface area contributed by atoms with Gasteiger partial charge in [-0.1, -0.05) is 6.07 Å². The fraction of sp³-hybridized carbons (Fsp3) is 0.294. The molecule has 1 aromatic heterocycles. The second-order valence-electron chi connectivity index (χ2n) is 4.87. The molecule has 0 atom stereocenters. The van der Waals surface area contributed by atoms with Crippen molar-refractivity contribution in [3.05, 3.63) is 51.7 Å². The van der Waals surface area contributed by atoms with Crippen LogP contribution in [0.5, 0.6) is 11.6 Å². The van der Waals surface area contributed by atoms with Gasteiger partial charge in [0.15, 0.2) is 6.61 Å². The van der Waals surface area contributed by atoms with E-state index in [9.17, 15) is 4.79 Å². The minimum atomic E-state index is -0.186. The van der Waals surface area contributed by atoms with Crippen LogP contribution in [-0.2, 0) is 16.1 Å². The molecule has 6 nitrogen and oxygen atoms in total. The number of carbonyl (C=O) groups excluding carboxylic acids is 1. The van der Waals surface area contributed by atoms with Crippen molar-refractivity contribution in [3.63, 3.8) is 0 Å². The van der Waals surface area contributed by atoms with Gasteiger partial charge in [0.05, 0.1) is 6.61 Å². The molecule has 0 spiro atoms. The number of hydrogen-bond acceptors (Lipinski definition) is 5. The molecular weight excluding hydrogens is 423 g/mol. The zero-order valence-electron chi connectivity index (χ0n) is 13.3. The largest absolute Gasteiger partial charge is 0.484 e. The van der Waals surface area contributed by atoms with E-state index >= 15 is 0 Å². The second kappa shape index (κ2) is 10.1. The van der Waals surface area contributed by atoms with Crippen molar-refractivity contribution >= 4 is 28.5 Å². The van der Waals surface area contributed by atoms with Gasteiger partial charge in [0, 0.05) is 29.5 Å². The van der Waals surface area contributed by atoms with Crippen LogP contribution in [0, 0.1) is 3.57 Å². The molecule has 7 heteroatoms. The van der Waals surface area contributed by atoms with E-state index in [1.54, 1.807) is 19.4 Å². The van der Waals surface area contributed by atoms with Crippen molar-refractivity contribution in [2.75, 3.05) is 26.9 Å². The zero-order chi connectivity index (χ0) is 17.2. The summed E-state index contributed by atoms with van der Waals surface area (Å²) in [5, 5.41) is 2.79. The third kappa shape index (κ3) is 6.71. The van der Waals surface area contributed by atoms with Crippen molar-refractivity contribution in [3.8, 4) is 11.6 Å². The lowest BCUT2D eigenvalue weighted by Crippen LogP contribution is -2.28. The molecule has 0 aliphatic carbocycles. The van der Waals surface area contributed by atoms with Crippen molar-refractivity contribution in [2.45, 2.75) is 6.54 Å². The Morgan fingerprint density at radius 2 is 1.92 bits per heavy atom. The molecule has 0 radical (unpaired) electrons. The van der Waals surface area contributed by atoms with Gasteiger partial charge in [0.2, 0.25) is 5.88 Å². The SMILES string of the molecule is COCCOc1ccc(CNC(=O)COc2ccc(I)cc2)cn1. The van der Waals surface area contributed by atoms with E-state index in [0.717, 1.165) is 9.13 Å². The second-order valence-corrected chi connectivity index (χ2v) is 6.11. The molecule has 1 heterocycles. The minimum Gasteiger partial charge on any atom is -0.484 e. The molecule has 2 rings (SSSR count). The van der Waals surface area contributed by atoms with Gasteiger partial charge in [-0.3, -0.25) is 4.79 Å². The maximum absolute atomic E-state index is 11.8. The van der Waals surface area contributed by atoms with E-state index in [4.69, 9.17) is 14.2 Å². The van der Waals surface area contributed by atoms with Gasteiger partial charge in [0.25, 0.3) is 5.91 Å². The Bertz CT molecular complexity index is 632. The van der Waals surface area contributed by atoms with Crippen LogP contribution in [0.4, 0.5) is 0 Å². The molecule has 128 valence electrons. The summed E-state index contributed by atoms with van der Waals surface area (Å²) in [5.41, 5.74) is 0.886. The molecule has 1 aromatic carbocycles. The van der Waals surface area contributed by atoms with Crippen molar-refractivity contribution in [1.29, 1.82) is 0 Å². The van der Waals surface area contributed by atoms with Gasteiger partial charge in [-0.25, -0.2) is 4.98 Å². The fourth-order valence-corrected chi connectivity index (χ4v) is 2.12. The number of nitrogens with one attached hydrogen (secondary N) is 1. The van der Waals surface area contributed by atoms with Gasteiger partial charge >= 0.3 is 0 Å². The van der Waals surface area contributed by atoms with Crippen LogP contribution in [0.15, 0.2) is 42.6 Å². The van der Waals surface area contributed by atoms with Crippen LogP contribution in [0.25, 0.3) is 0 Å². The van der Waals surface area contributed by atoms with E-state index < -0.39 is 0 Å². The van der Waals surface area contributed by atoms with Crippen molar-refractivity contribution in [1.82, 2.24) is 10.3 Å². The molecule has 0 aliphatic rings. The number of carbonyl (C=O) groups is 1. The summed E-state index contributed by atoms with van der Waals surface area (Å²) in [4.78, 5) is 16.0. The quantitative estimate of drug-likeness (QED) is 0.477. The number of ether oxygens (including phenoxy) is 3. The molecule has 0 fully saturated rings. The first-order chi connectivity index (χ1) is 11.7. The van der Waals surface area contributed by atoms with Crippen molar-refractivity contribution in [2.24, 2.45) is 0 Å². The fourth-order valence-electron chi connectivity index (χ4n) is 1.76. The summed E-state index contributed by atoms with van der Waals surface area (Å²) < 4.78 is 16.8. The molecule has 2 aromatic rings. The Balaban J connectivity index is 1.70. The lowest BCUT2D eigenvalue weighted by Gasteiger charge is -2.08. The summed E-state index contributed by atoms with van der Waals surface area (Å²) in [6, 6.07) is 11.1. The van der Waals surface area contributed by atoms with Gasteiger partial charge < -0.3 is 19.5 Å². The van der Waals surface area contributed by atoms with Crippen molar-refractivity contribution < 1.29 is 19.0 Å². The number of rotatable bonds is 9. The molecule has 0 unspecified atom stereocenters. The molecule has 1 amide bonds. The monoisotopic (exact) mass is 442 g/mol. The van der Waals surface area contributed by atoms with E-state index in [1.807, 2.05) is 30.3 Å². The number of nitrogens with zero attached hydrogens (tertiary/aromatic N) is 1. The van der Waals surface area contributed by atoms with Crippen LogP contribution >= 0.6 is 22.6 Å². The Labute approximate surface area is 154 Å². The third-order valence-electron chi connectivity index (χ3n) is 3.01. The Morgan fingerprint density at radius 1 is 1.12 bits per heavy atom. The molecular formula is C17H19IN2O4. The number of halogens is 1. The maximum Gasteiger partial charge on any atom is 0.258 e. The molecule has 0 saturated heterocycles. The van der Waals surface area contributed by atoms with Gasteiger partial charge in [-0.05, 0) is 52.4 Å². The first-order valence-corrected chi connectivity index (χ1v) is 8.47. The van der Waals surface area contributed by atoms with E-state index in [0.29, 0.717) is 31.4 Å².